The molecular weight excluding hydrogens is 420 g/mol. The van der Waals surface area contributed by atoms with Crippen molar-refractivity contribution in [2.24, 2.45) is 0 Å². The minimum Gasteiger partial charge on any atom is -0.327 e. The summed E-state index contributed by atoms with van der Waals surface area (Å²) in [6, 6.07) is 6.54. The van der Waals surface area contributed by atoms with Crippen LogP contribution in [-0.4, -0.2) is 45.5 Å². The minimum atomic E-state index is -3.63. The summed E-state index contributed by atoms with van der Waals surface area (Å²) in [6.07, 6.45) is 3.00. The number of aromatic nitrogens is 4. The van der Waals surface area contributed by atoms with Gasteiger partial charge in [-0.05, 0) is 38.0 Å². The van der Waals surface area contributed by atoms with E-state index >= 15 is 0 Å². The van der Waals surface area contributed by atoms with E-state index in [2.05, 4.69) is 4.98 Å². The van der Waals surface area contributed by atoms with Crippen LogP contribution in [-0.2, 0) is 23.1 Å². The van der Waals surface area contributed by atoms with Gasteiger partial charge in [-0.25, -0.2) is 22.5 Å². The lowest BCUT2D eigenvalue weighted by molar-refractivity contribution is 0.521. The van der Waals surface area contributed by atoms with Crippen LogP contribution < -0.4 is 11.2 Å². The normalized spacial score (nSPS) is 14.3. The van der Waals surface area contributed by atoms with Crippen molar-refractivity contribution in [3.63, 3.8) is 0 Å². The Hall–Kier alpha value is -3.23. The highest BCUT2D eigenvalue weighted by atomic mass is 32.2. The molecule has 162 valence electrons. The number of benzene rings is 1. The van der Waals surface area contributed by atoms with Gasteiger partial charge in [0.1, 0.15) is 17.5 Å². The molecule has 2 heterocycles. The molecular formula is C20H22N6O4S. The predicted octanol–water partition coefficient (Wildman–Crippen LogP) is 0.885. The summed E-state index contributed by atoms with van der Waals surface area (Å²) in [5, 5.41) is 9.33. The van der Waals surface area contributed by atoms with Crippen molar-refractivity contribution in [3.05, 3.63) is 56.6 Å². The van der Waals surface area contributed by atoms with E-state index in [4.69, 9.17) is 0 Å². The number of hydrogen-bond acceptors (Lipinski definition) is 6. The van der Waals surface area contributed by atoms with Crippen molar-refractivity contribution >= 4 is 21.1 Å². The van der Waals surface area contributed by atoms with Crippen LogP contribution in [0.15, 0.2) is 38.9 Å². The Balaban J connectivity index is 1.86. The second-order valence-corrected chi connectivity index (χ2v) is 9.83. The first-order valence-electron chi connectivity index (χ1n) is 9.86. The fourth-order valence-electron chi connectivity index (χ4n) is 3.60. The fraction of sp³-hybridized carbons (Fsp3) is 0.400. The second kappa shape index (κ2) is 7.47. The molecule has 0 bridgehead atoms. The number of nitriles is 1. The maximum absolute atomic E-state index is 12.9. The van der Waals surface area contributed by atoms with Gasteiger partial charge < -0.3 is 4.57 Å². The fourth-order valence-corrected chi connectivity index (χ4v) is 4.52. The first-order chi connectivity index (χ1) is 14.7. The molecule has 0 aliphatic heterocycles. The lowest BCUT2D eigenvalue weighted by atomic mass is 10.3. The predicted molar refractivity (Wildman–Crippen MR) is 113 cm³/mol. The van der Waals surface area contributed by atoms with E-state index in [1.54, 1.807) is 6.07 Å². The van der Waals surface area contributed by atoms with Crippen molar-refractivity contribution in [2.75, 3.05) is 14.1 Å². The summed E-state index contributed by atoms with van der Waals surface area (Å²) in [5.41, 5.74) is -0.0777. The van der Waals surface area contributed by atoms with Crippen molar-refractivity contribution in [1.29, 1.82) is 5.26 Å². The molecule has 1 aliphatic carbocycles. The van der Waals surface area contributed by atoms with Crippen molar-refractivity contribution < 1.29 is 8.42 Å². The van der Waals surface area contributed by atoms with Gasteiger partial charge in [0, 0.05) is 32.9 Å². The molecule has 0 unspecified atom stereocenters. The number of sulfonamides is 1. The van der Waals surface area contributed by atoms with Crippen molar-refractivity contribution in [1.82, 2.24) is 23.0 Å². The maximum Gasteiger partial charge on any atom is 0.331 e. The zero-order valence-corrected chi connectivity index (χ0v) is 18.3. The smallest absolute Gasteiger partial charge is 0.327 e. The van der Waals surface area contributed by atoms with E-state index in [0.29, 0.717) is 23.4 Å². The van der Waals surface area contributed by atoms with E-state index in [1.165, 1.54) is 37.0 Å². The highest BCUT2D eigenvalue weighted by molar-refractivity contribution is 7.89. The third kappa shape index (κ3) is 3.47. The van der Waals surface area contributed by atoms with Crippen LogP contribution in [0, 0.1) is 11.3 Å². The van der Waals surface area contributed by atoms with E-state index in [0.717, 1.165) is 21.7 Å². The molecule has 1 aromatic carbocycles. The molecule has 4 rings (SSSR count). The van der Waals surface area contributed by atoms with Crippen LogP contribution in [0.5, 0.6) is 0 Å². The van der Waals surface area contributed by atoms with Crippen molar-refractivity contribution in [2.45, 2.75) is 43.8 Å². The van der Waals surface area contributed by atoms with Crippen LogP contribution in [0.3, 0.4) is 0 Å². The molecule has 1 aliphatic rings. The first-order valence-corrected chi connectivity index (χ1v) is 11.3. The van der Waals surface area contributed by atoms with Crippen LogP contribution in [0.2, 0.25) is 0 Å². The van der Waals surface area contributed by atoms with Gasteiger partial charge in [-0.1, -0.05) is 0 Å². The Morgan fingerprint density at radius 3 is 2.52 bits per heavy atom. The lowest BCUT2D eigenvalue weighted by Crippen LogP contribution is -2.41. The van der Waals surface area contributed by atoms with Crippen LogP contribution in [0.1, 0.15) is 37.2 Å². The highest BCUT2D eigenvalue weighted by Crippen LogP contribution is 2.33. The molecule has 0 N–H and O–H groups in total. The molecule has 1 fully saturated rings. The summed E-state index contributed by atoms with van der Waals surface area (Å²) in [4.78, 5) is 30.3. The van der Waals surface area contributed by atoms with Crippen molar-refractivity contribution in [3.8, 4) is 6.07 Å². The van der Waals surface area contributed by atoms with E-state index in [9.17, 15) is 23.3 Å². The molecule has 11 heteroatoms. The topological polar surface area (TPSA) is 123 Å². The molecule has 0 amide bonds. The highest BCUT2D eigenvalue weighted by Gasteiger charge is 2.27. The first kappa shape index (κ1) is 21.0. The Kier molecular flexibility index (Phi) is 5.07. The van der Waals surface area contributed by atoms with Gasteiger partial charge in [0.2, 0.25) is 10.0 Å². The zero-order valence-electron chi connectivity index (χ0n) is 17.4. The largest absolute Gasteiger partial charge is 0.331 e. The molecule has 10 nitrogen and oxygen atoms in total. The van der Waals surface area contributed by atoms with Crippen LogP contribution in [0.4, 0.5) is 0 Å². The number of rotatable bonds is 6. The van der Waals surface area contributed by atoms with E-state index in [-0.39, 0.29) is 23.0 Å². The molecule has 0 spiro atoms. The van der Waals surface area contributed by atoms with E-state index in [1.807, 2.05) is 17.6 Å². The maximum atomic E-state index is 12.9. The van der Waals surface area contributed by atoms with Gasteiger partial charge >= 0.3 is 5.69 Å². The molecule has 0 atom stereocenters. The van der Waals surface area contributed by atoms with Crippen LogP contribution >= 0.6 is 0 Å². The second-order valence-electron chi connectivity index (χ2n) is 7.68. The van der Waals surface area contributed by atoms with Gasteiger partial charge in [0.25, 0.3) is 5.56 Å². The monoisotopic (exact) mass is 442 g/mol. The number of fused-ring (bicyclic) bond motifs is 1. The Morgan fingerprint density at radius 2 is 1.94 bits per heavy atom. The summed E-state index contributed by atoms with van der Waals surface area (Å²) in [5.74, 6) is 0.438. The van der Waals surface area contributed by atoms with Gasteiger partial charge in [0.15, 0.2) is 0 Å². The zero-order chi connectivity index (χ0) is 22.5. The Morgan fingerprint density at radius 1 is 1.23 bits per heavy atom. The molecule has 0 radical (unpaired) electrons. The summed E-state index contributed by atoms with van der Waals surface area (Å²) >= 11 is 0. The molecule has 0 saturated heterocycles. The van der Waals surface area contributed by atoms with Gasteiger partial charge in [-0.2, -0.15) is 5.26 Å². The summed E-state index contributed by atoms with van der Waals surface area (Å²) < 4.78 is 30.4. The molecule has 1 saturated carbocycles. The minimum absolute atomic E-state index is 0.00948. The van der Waals surface area contributed by atoms with Gasteiger partial charge in [0.05, 0.1) is 22.5 Å². The molecule has 2 aromatic heterocycles. The average Bonchev–Trinajstić information content (AvgIpc) is 3.51. The summed E-state index contributed by atoms with van der Waals surface area (Å²) in [7, 11) is -0.722. The van der Waals surface area contributed by atoms with Crippen LogP contribution in [0.25, 0.3) is 11.0 Å². The Bertz CT molecular complexity index is 1450. The number of hydrogen-bond donors (Lipinski definition) is 0. The third-order valence-electron chi connectivity index (χ3n) is 5.45. The molecule has 3 aromatic rings. The van der Waals surface area contributed by atoms with E-state index < -0.39 is 21.3 Å². The lowest BCUT2D eigenvalue weighted by Gasteiger charge is -2.12. The third-order valence-corrected chi connectivity index (χ3v) is 7.26. The quantitative estimate of drug-likeness (QED) is 0.558. The molecule has 31 heavy (non-hydrogen) atoms. The number of aryl methyl sites for hydroxylation is 1. The number of nitrogens with zero attached hydrogens (tertiary/aromatic N) is 6. The van der Waals surface area contributed by atoms with Gasteiger partial charge in [-0.3, -0.25) is 13.9 Å². The standard InChI is InChI=1S/C20H22N6O4S/c1-4-24-17-8-7-15(31(29,30)23(2)3)9-16(17)22-18(24)12-26-19(27)13(10-21)11-25(20(26)28)14-5-6-14/h7-9,11,14H,4-6,12H2,1-3H3. The average molecular weight is 443 g/mol. The Labute approximate surface area is 178 Å². The number of imidazole rings is 1. The SMILES string of the molecule is CCn1c(Cn2c(=O)c(C#N)cn(C3CC3)c2=O)nc2cc(S(=O)(=O)N(C)C)ccc21. The van der Waals surface area contributed by atoms with Gasteiger partial charge in [-0.15, -0.1) is 0 Å². The summed E-state index contributed by atoms with van der Waals surface area (Å²) in [6.45, 7) is 2.29.